The average Bonchev–Trinajstić information content (AvgIpc) is 3.85. The Bertz CT molecular complexity index is 2340. The van der Waals surface area contributed by atoms with E-state index in [4.69, 9.17) is 9.97 Å². The maximum absolute atomic E-state index is 13.3. The van der Waals surface area contributed by atoms with Gasteiger partial charge in [0.25, 0.3) is 0 Å². The lowest BCUT2D eigenvalue weighted by Gasteiger charge is -2.14. The summed E-state index contributed by atoms with van der Waals surface area (Å²) < 4.78 is 0. The van der Waals surface area contributed by atoms with Crippen LogP contribution in [0.3, 0.4) is 0 Å². The third-order valence-corrected chi connectivity index (χ3v) is 11.8. The summed E-state index contributed by atoms with van der Waals surface area (Å²) in [5, 5.41) is 9.29. The van der Waals surface area contributed by atoms with Gasteiger partial charge < -0.3 is 15.1 Å². The number of H-pyrrole nitrogens is 2. The van der Waals surface area contributed by atoms with Crippen LogP contribution in [0.1, 0.15) is 111 Å². The van der Waals surface area contributed by atoms with E-state index in [2.05, 4.69) is 29.2 Å². The molecule has 1 unspecified atom stereocenters. The normalized spacial score (nSPS) is 15.8. The van der Waals surface area contributed by atoms with Crippen LogP contribution < -0.4 is 0 Å². The van der Waals surface area contributed by atoms with E-state index in [1.54, 1.807) is 0 Å². The number of Topliss-reactive ketones (excluding diaryl/α,β-unsaturated/α-hetero) is 1. The molecule has 0 saturated carbocycles. The van der Waals surface area contributed by atoms with Gasteiger partial charge in [0.05, 0.1) is 28.0 Å². The molecule has 0 spiro atoms. The molecule has 8 bridgehead atoms. The Morgan fingerprint density at radius 2 is 1.35 bits per heavy atom. The molecule has 3 aromatic rings. The summed E-state index contributed by atoms with van der Waals surface area (Å²) in [6.45, 7) is 18.5. The van der Waals surface area contributed by atoms with E-state index in [1.165, 1.54) is 16.7 Å². The molecule has 3 aromatic heterocycles. The number of hydrogen-bond acceptors (Lipinski definition) is 7. The van der Waals surface area contributed by atoms with Crippen LogP contribution in [0.25, 0.3) is 56.5 Å². The van der Waals surface area contributed by atoms with Gasteiger partial charge in [-0.2, -0.15) is 0 Å². The third kappa shape index (κ3) is 7.55. The number of carboxylic acids is 1. The van der Waals surface area contributed by atoms with Gasteiger partial charge in [-0.3, -0.25) is 24.1 Å². The van der Waals surface area contributed by atoms with E-state index in [0.717, 1.165) is 83.8 Å². The Balaban J connectivity index is 1.42. The second-order valence-electron chi connectivity index (χ2n) is 14.0. The lowest BCUT2D eigenvalue weighted by atomic mass is 9.97. The smallest absolute Gasteiger partial charge is 0.303 e. The Morgan fingerprint density at radius 3 is 1.91 bits per heavy atom. The van der Waals surface area contributed by atoms with Gasteiger partial charge in [0.15, 0.2) is 0 Å². The van der Waals surface area contributed by atoms with Gasteiger partial charge in [0, 0.05) is 65.4 Å². The number of fused-ring (bicyclic) bond motifs is 8. The van der Waals surface area contributed by atoms with Crippen molar-refractivity contribution in [2.45, 2.75) is 84.8 Å². The number of allylic oxidation sites excluding steroid dienone is 4. The number of hydrogen-bond donors (Lipinski definition) is 3. The molecule has 6 rings (SSSR count). The van der Waals surface area contributed by atoms with Crippen molar-refractivity contribution in [3.05, 3.63) is 82.5 Å². The van der Waals surface area contributed by atoms with E-state index < -0.39 is 5.97 Å². The number of thioether (sulfide) groups is 1. The standard InChI is InChI=1S/C43H47N5O5S/c1-8-28-23(4)32-18-33-25(6)30(14-13-27(49)12-11-17-48-41(50)22-40(43(48)53)54-10-3)38(46-33)21-39-31(15-16-42(51)52)26(7)35(47-39)20-37-29(9-2)24(5)34(45-37)19-36(28)44-32/h8-9,18-21,40,44-45H,1-2,10-17,22H2,3-7H3,(H,51,52). The molecule has 3 aliphatic rings. The van der Waals surface area contributed by atoms with Gasteiger partial charge in [-0.25, -0.2) is 9.97 Å². The largest absolute Gasteiger partial charge is 0.481 e. The van der Waals surface area contributed by atoms with Crippen LogP contribution >= 0.6 is 11.8 Å². The Kier molecular flexibility index (Phi) is 11.4. The highest BCUT2D eigenvalue weighted by atomic mass is 32.2. The first-order valence-corrected chi connectivity index (χ1v) is 19.5. The second kappa shape index (κ2) is 16.0. The number of likely N-dealkylation sites (tertiary alicyclic amines) is 1. The molecular weight excluding hydrogens is 699 g/mol. The maximum atomic E-state index is 13.3. The van der Waals surface area contributed by atoms with Crippen molar-refractivity contribution in [1.29, 1.82) is 0 Å². The number of imide groups is 1. The fraction of sp³-hybridized carbons (Fsp3) is 0.349. The monoisotopic (exact) mass is 745 g/mol. The molecule has 0 aromatic carbocycles. The quantitative estimate of drug-likeness (QED) is 0.139. The van der Waals surface area contributed by atoms with Crippen molar-refractivity contribution in [3.8, 4) is 0 Å². The predicted molar refractivity (Wildman–Crippen MR) is 219 cm³/mol. The molecule has 1 atom stereocenters. The summed E-state index contributed by atoms with van der Waals surface area (Å²) in [7, 11) is 0. The van der Waals surface area contributed by atoms with Crippen LogP contribution in [0.4, 0.5) is 0 Å². The summed E-state index contributed by atoms with van der Waals surface area (Å²) in [5.41, 5.74) is 13.9. The van der Waals surface area contributed by atoms with Crippen molar-refractivity contribution in [2.24, 2.45) is 0 Å². The van der Waals surface area contributed by atoms with Gasteiger partial charge in [-0.1, -0.05) is 32.2 Å². The predicted octanol–water partition coefficient (Wildman–Crippen LogP) is 8.95. The number of nitrogens with one attached hydrogen (secondary N) is 2. The number of aromatic amines is 2. The minimum absolute atomic E-state index is 0.0415. The van der Waals surface area contributed by atoms with Crippen LogP contribution in [-0.4, -0.2) is 71.1 Å². The lowest BCUT2D eigenvalue weighted by Crippen LogP contribution is -2.32. The van der Waals surface area contributed by atoms with Crippen molar-refractivity contribution in [3.63, 3.8) is 0 Å². The van der Waals surface area contributed by atoms with Gasteiger partial charge in [0.1, 0.15) is 5.78 Å². The first kappa shape index (κ1) is 38.4. The zero-order chi connectivity index (χ0) is 38.8. The Hall–Kier alpha value is -5.29. The van der Waals surface area contributed by atoms with Crippen LogP contribution in [0.15, 0.2) is 37.4 Å². The van der Waals surface area contributed by atoms with Crippen LogP contribution in [0.5, 0.6) is 0 Å². The van der Waals surface area contributed by atoms with E-state index in [0.29, 0.717) is 30.7 Å². The Morgan fingerprint density at radius 1 is 0.815 bits per heavy atom. The van der Waals surface area contributed by atoms with Gasteiger partial charge in [0.2, 0.25) is 11.8 Å². The highest BCUT2D eigenvalue weighted by Crippen LogP contribution is 2.38. The van der Waals surface area contributed by atoms with Crippen molar-refractivity contribution >= 4 is 91.8 Å². The third-order valence-electron chi connectivity index (χ3n) is 10.7. The van der Waals surface area contributed by atoms with Crippen LogP contribution in [-0.2, 0) is 19.2 Å². The summed E-state index contributed by atoms with van der Waals surface area (Å²) in [4.78, 5) is 68.8. The number of aliphatic carboxylic acids is 1. The Labute approximate surface area is 319 Å². The molecule has 6 heterocycles. The number of nitrogens with zero attached hydrogens (tertiary/aromatic N) is 3. The summed E-state index contributed by atoms with van der Waals surface area (Å²) in [6, 6.07) is 8.00. The van der Waals surface area contributed by atoms with Crippen molar-refractivity contribution in [2.75, 3.05) is 12.3 Å². The molecule has 11 heteroatoms. The number of ketones is 1. The number of aryl methyl sites for hydroxylation is 2. The average molecular weight is 746 g/mol. The van der Waals surface area contributed by atoms with Crippen LogP contribution in [0, 0.1) is 13.8 Å². The molecule has 280 valence electrons. The second-order valence-corrected chi connectivity index (χ2v) is 15.5. The zero-order valence-corrected chi connectivity index (χ0v) is 32.5. The van der Waals surface area contributed by atoms with Gasteiger partial charge >= 0.3 is 5.97 Å². The minimum Gasteiger partial charge on any atom is -0.481 e. The topological polar surface area (TPSA) is 149 Å². The van der Waals surface area contributed by atoms with E-state index in [1.807, 2.05) is 65.0 Å². The molecule has 10 nitrogen and oxygen atoms in total. The molecular formula is C43H47N5O5S. The van der Waals surface area contributed by atoms with Gasteiger partial charge in [-0.15, -0.1) is 11.8 Å². The molecule has 54 heavy (non-hydrogen) atoms. The SMILES string of the molecule is C=Cc1c(C)c2cc3[nH]c(cc4nc(cc5nc(cc1[nH]2)C(C)=C5CCC(=O)O)C(CCC(=O)CCCN1C(=O)CC(SCC)C1=O)=C4C)c(C)c3C=C. The highest BCUT2D eigenvalue weighted by molar-refractivity contribution is 8.00. The molecule has 2 amide bonds. The van der Waals surface area contributed by atoms with Crippen molar-refractivity contribution in [1.82, 2.24) is 24.8 Å². The van der Waals surface area contributed by atoms with Crippen molar-refractivity contribution < 1.29 is 24.3 Å². The number of carboxylic acid groups (broad SMARTS) is 1. The maximum Gasteiger partial charge on any atom is 0.303 e. The first-order chi connectivity index (χ1) is 25.8. The molecule has 0 aliphatic carbocycles. The number of amides is 2. The molecule has 3 N–H and O–H groups in total. The zero-order valence-electron chi connectivity index (χ0n) is 31.6. The number of carbonyl (C=O) groups excluding carboxylic acids is 3. The number of aromatic nitrogens is 4. The fourth-order valence-corrected chi connectivity index (χ4v) is 8.51. The van der Waals surface area contributed by atoms with E-state index in [-0.39, 0.29) is 55.1 Å². The number of carbonyl (C=O) groups is 4. The molecule has 1 saturated heterocycles. The van der Waals surface area contributed by atoms with Gasteiger partial charge in [-0.05, 0) is 110 Å². The fourth-order valence-electron chi connectivity index (χ4n) is 7.58. The lowest BCUT2D eigenvalue weighted by molar-refractivity contribution is -0.139. The number of rotatable bonds is 14. The van der Waals surface area contributed by atoms with E-state index in [9.17, 15) is 24.3 Å². The molecule has 1 fully saturated rings. The molecule has 0 radical (unpaired) electrons. The summed E-state index contributed by atoms with van der Waals surface area (Å²) >= 11 is 1.49. The molecule has 3 aliphatic heterocycles. The van der Waals surface area contributed by atoms with E-state index >= 15 is 0 Å². The van der Waals surface area contributed by atoms with Crippen LogP contribution in [0.2, 0.25) is 0 Å². The highest BCUT2D eigenvalue weighted by Gasteiger charge is 2.38. The summed E-state index contributed by atoms with van der Waals surface area (Å²) in [6.07, 6.45) is 5.52. The first-order valence-electron chi connectivity index (χ1n) is 18.5. The summed E-state index contributed by atoms with van der Waals surface area (Å²) in [5.74, 6) is -0.409. The minimum atomic E-state index is -0.893.